The minimum absolute atomic E-state index is 0.00664. The van der Waals surface area contributed by atoms with Gasteiger partial charge in [0, 0.05) is 50.2 Å². The molecule has 10 amide bonds. The van der Waals surface area contributed by atoms with Crippen molar-refractivity contribution in [2.45, 2.75) is 168 Å². The quantitative estimate of drug-likeness (QED) is 0.0225. The maximum atomic E-state index is 14.8. The normalized spacial score (nSPS) is 23.0. The molecule has 1 spiro atoms. The van der Waals surface area contributed by atoms with Crippen LogP contribution in [0.4, 0.5) is 0 Å². The molecule has 1 saturated carbocycles. The van der Waals surface area contributed by atoms with Crippen LogP contribution in [-0.2, 0) is 70.4 Å². The molecule has 0 saturated heterocycles. The second-order valence-corrected chi connectivity index (χ2v) is 26.3. The first-order valence-corrected chi connectivity index (χ1v) is 34.6. The maximum Gasteiger partial charge on any atom is 0.326 e. The molecule has 1 aromatic carbocycles. The van der Waals surface area contributed by atoms with Crippen molar-refractivity contribution in [1.82, 2.24) is 63.1 Å². The standard InChI is InChI=1S/C59H95N25O14S2/c60-34-13-7-24-73-58(68)84-53(96)45(61)59(19-5-2-6-20-59)100-99-30-41(52(95)82-38(54(97)98)16-10-23-72-57(66)67)83-48(91)36(15-9-22-71-56(64)65)80-49(92)37(18-17-32-11-3-1-4-12-32)81-51(94)40(26-44(87)88)78-43(86)29-75-47(90)35(14-8-21-70-55(62)63)79-50(93)39(25-33-27-69-31-76-33)77-42(85)28-74-46(34)89/h1,3-4,11-12,27,31,34-41,45H,2,5-10,13-26,28-30,60-61H2,(H,69,76)(H,74,89)(H,75,90)(H,77,85)(H,78,86)(H,79,93)(H,80,92)(H,81,94)(H,82,95)(H,83,91)(H,87,88)(H,97,98)(H4,62,63,70)(H4,64,65,71)(H4,66,67,72)(H3,68,73,84,96)/t34-,35-,36-,37-,38-,39+,40-,41-,45-/m0/s1. The number of rotatable bonds is 22. The van der Waals surface area contributed by atoms with Gasteiger partial charge in [-0.1, -0.05) is 71.2 Å². The predicted molar refractivity (Wildman–Crippen MR) is 372 cm³/mol. The fraction of sp³-hybridized carbons (Fsp3) is 0.576. The highest BCUT2D eigenvalue weighted by Crippen LogP contribution is 2.48. The van der Waals surface area contributed by atoms with Gasteiger partial charge >= 0.3 is 11.9 Å². The first kappa shape index (κ1) is 82.4. The number of hydrogen-bond donors (Lipinski definition) is 22. The largest absolute Gasteiger partial charge is 0.481 e. The summed E-state index contributed by atoms with van der Waals surface area (Å²) in [4.78, 5) is 189. The van der Waals surface area contributed by atoms with Gasteiger partial charge in [0.1, 0.15) is 48.3 Å². The molecular formula is C59H95N25O14S2. The monoisotopic (exact) mass is 1440 g/mol. The fourth-order valence-electron chi connectivity index (χ4n) is 10.3. The number of H-pyrrole nitrogens is 1. The van der Waals surface area contributed by atoms with E-state index in [-0.39, 0.29) is 126 Å². The van der Waals surface area contributed by atoms with Gasteiger partial charge in [0.2, 0.25) is 59.1 Å². The van der Waals surface area contributed by atoms with Gasteiger partial charge in [-0.2, -0.15) is 0 Å². The van der Waals surface area contributed by atoms with Crippen molar-refractivity contribution < 1.29 is 67.7 Å². The number of aryl methyl sites for hydroxylation is 1. The Morgan fingerprint density at radius 1 is 0.640 bits per heavy atom. The van der Waals surface area contributed by atoms with Crippen molar-refractivity contribution >= 4 is 116 Å². The Kier molecular flexibility index (Phi) is 35.8. The maximum absolute atomic E-state index is 14.8. The molecule has 31 N–H and O–H groups in total. The molecule has 2 heterocycles. The zero-order valence-electron chi connectivity index (χ0n) is 55.3. The number of amides is 10. The van der Waals surface area contributed by atoms with Gasteiger partial charge < -0.3 is 115 Å². The van der Waals surface area contributed by atoms with Crippen molar-refractivity contribution in [3.63, 3.8) is 0 Å². The van der Waals surface area contributed by atoms with Crippen molar-refractivity contribution in [3.8, 4) is 0 Å². The SMILES string of the molecule is NC(N)=NCCC[C@H](NC(=O)[C@@H]1CSSC2(CCCCC2)[C@@H](N)C(=O)NC(N)=NCCC[C@H](N)C(=O)NCC(=O)N[C@H](Cc2cnc[nH]2)C(=O)N[C@@H](CCCN=C(N)N)C(=O)NCC(=O)N[C@@H](CC(=O)O)C(=O)N[C@@H](CCc2ccccc2)C(=O)N[C@@H](CCCN=C(N)N)C(=O)N1)C(=O)O. The van der Waals surface area contributed by atoms with Crippen LogP contribution in [0.1, 0.15) is 108 Å². The van der Waals surface area contributed by atoms with E-state index in [4.69, 9.17) is 51.6 Å². The van der Waals surface area contributed by atoms with Gasteiger partial charge in [0.25, 0.3) is 0 Å². The number of carboxylic acid groups (broad SMARTS) is 2. The molecule has 0 radical (unpaired) electrons. The highest BCUT2D eigenvalue weighted by Gasteiger charge is 2.44. The number of nitrogens with zero attached hydrogens (tertiary/aromatic N) is 5. The first-order valence-electron chi connectivity index (χ1n) is 32.3. The van der Waals surface area contributed by atoms with Crippen molar-refractivity contribution in [2.24, 2.45) is 71.6 Å². The van der Waals surface area contributed by atoms with Crippen LogP contribution in [0.2, 0.25) is 0 Å². The molecule has 0 unspecified atom stereocenters. The molecule has 0 bridgehead atoms. The number of aromatic nitrogens is 2. The Morgan fingerprint density at radius 2 is 1.18 bits per heavy atom. The molecule has 2 aliphatic rings. The van der Waals surface area contributed by atoms with E-state index in [9.17, 15) is 67.7 Å². The highest BCUT2D eigenvalue weighted by molar-refractivity contribution is 8.77. The van der Waals surface area contributed by atoms with Crippen LogP contribution >= 0.6 is 21.6 Å². The Bertz CT molecular complexity index is 3200. The lowest BCUT2D eigenvalue weighted by Crippen LogP contribution is -2.60. The summed E-state index contributed by atoms with van der Waals surface area (Å²) in [6.07, 6.45) is 3.94. The molecule has 1 aliphatic carbocycles. The number of carbonyl (C=O) groups is 12. The molecule has 2 aromatic rings. The molecule has 9 atom stereocenters. The summed E-state index contributed by atoms with van der Waals surface area (Å²) >= 11 is 0. The Balaban J connectivity index is 1.79. The van der Waals surface area contributed by atoms with Crippen LogP contribution in [-0.4, -0.2) is 219 Å². The molecule has 1 aromatic heterocycles. The predicted octanol–water partition coefficient (Wildman–Crippen LogP) is -7.11. The third-order valence-electron chi connectivity index (χ3n) is 15.6. The Morgan fingerprint density at radius 3 is 1.75 bits per heavy atom. The average molecular weight is 1440 g/mol. The number of nitrogens with one attached hydrogen (secondary N) is 11. The van der Waals surface area contributed by atoms with Crippen LogP contribution in [0.5, 0.6) is 0 Å². The lowest BCUT2D eigenvalue weighted by molar-refractivity contribution is -0.142. The number of hydrogen-bond acceptors (Lipinski definition) is 22. The summed E-state index contributed by atoms with van der Waals surface area (Å²) in [5.41, 5.74) is 53.3. The van der Waals surface area contributed by atoms with Crippen molar-refractivity contribution in [1.29, 1.82) is 0 Å². The number of aliphatic imine (C=N–C) groups is 4. The van der Waals surface area contributed by atoms with E-state index < -0.39 is 150 Å². The van der Waals surface area contributed by atoms with E-state index in [1.54, 1.807) is 30.3 Å². The minimum atomic E-state index is -1.93. The summed E-state index contributed by atoms with van der Waals surface area (Å²) < 4.78 is -1.02. The van der Waals surface area contributed by atoms with E-state index in [0.29, 0.717) is 36.9 Å². The number of aliphatic carboxylic acids is 2. The second kappa shape index (κ2) is 43.4. The van der Waals surface area contributed by atoms with Gasteiger partial charge in [-0.3, -0.25) is 78.0 Å². The zero-order valence-corrected chi connectivity index (χ0v) is 56.9. The van der Waals surface area contributed by atoms with Gasteiger partial charge in [-0.25, -0.2) is 9.78 Å². The molecule has 41 heteroatoms. The third-order valence-corrected chi connectivity index (χ3v) is 18.9. The Hall–Kier alpha value is -10.0. The van der Waals surface area contributed by atoms with E-state index >= 15 is 0 Å². The van der Waals surface area contributed by atoms with Gasteiger partial charge in [0.05, 0.1) is 36.6 Å². The summed E-state index contributed by atoms with van der Waals surface area (Å²) in [5.74, 6) is -14.0. The Labute approximate surface area is 583 Å². The number of imidazole rings is 1. The summed E-state index contributed by atoms with van der Waals surface area (Å²) in [5, 5.41) is 45.2. The van der Waals surface area contributed by atoms with E-state index in [0.717, 1.165) is 28.0 Å². The smallest absolute Gasteiger partial charge is 0.326 e. The molecule has 1 aliphatic heterocycles. The number of aromatic amines is 1. The lowest BCUT2D eigenvalue weighted by atomic mass is 9.83. The number of carbonyl (C=O) groups excluding carboxylic acids is 10. The van der Waals surface area contributed by atoms with Gasteiger partial charge in [-0.05, 0) is 82.6 Å². The molecule has 552 valence electrons. The van der Waals surface area contributed by atoms with Gasteiger partial charge in [0.15, 0.2) is 23.8 Å². The summed E-state index contributed by atoms with van der Waals surface area (Å²) in [6.45, 7) is -1.72. The van der Waals surface area contributed by atoms with Gasteiger partial charge in [-0.15, -0.1) is 0 Å². The van der Waals surface area contributed by atoms with E-state index in [1.165, 1.54) is 12.5 Å². The molecule has 39 nitrogen and oxygen atoms in total. The number of carboxylic acids is 2. The van der Waals surface area contributed by atoms with Crippen LogP contribution in [0.25, 0.3) is 0 Å². The molecule has 4 rings (SSSR count). The number of nitrogens with two attached hydrogens (primary N) is 9. The summed E-state index contributed by atoms with van der Waals surface area (Å²) in [7, 11) is 2.20. The second-order valence-electron chi connectivity index (χ2n) is 23.5. The highest BCUT2D eigenvalue weighted by atomic mass is 33.1. The van der Waals surface area contributed by atoms with Crippen LogP contribution in [0.15, 0.2) is 62.8 Å². The number of guanidine groups is 4. The van der Waals surface area contributed by atoms with Crippen LogP contribution in [0.3, 0.4) is 0 Å². The topological polar surface area (TPSA) is 678 Å². The molecular weight excluding hydrogens is 1350 g/mol. The zero-order chi connectivity index (χ0) is 73.7. The van der Waals surface area contributed by atoms with Crippen LogP contribution < -0.4 is 105 Å². The molecule has 1 fully saturated rings. The van der Waals surface area contributed by atoms with Crippen LogP contribution in [0, 0.1) is 0 Å². The van der Waals surface area contributed by atoms with Crippen molar-refractivity contribution in [2.75, 3.05) is 45.0 Å². The molecule has 100 heavy (non-hydrogen) atoms. The average Bonchev–Trinajstić information content (AvgIpc) is 0.983. The fourth-order valence-corrected chi connectivity index (χ4v) is 13.8. The first-order chi connectivity index (χ1) is 47.6. The lowest BCUT2D eigenvalue weighted by Gasteiger charge is -2.40. The third kappa shape index (κ3) is 30.8. The minimum Gasteiger partial charge on any atom is -0.481 e. The number of benzene rings is 1. The van der Waals surface area contributed by atoms with E-state index in [2.05, 4.69) is 83.1 Å². The van der Waals surface area contributed by atoms with E-state index in [1.807, 2.05) is 0 Å². The van der Waals surface area contributed by atoms with Crippen molar-refractivity contribution in [3.05, 3.63) is 54.1 Å². The summed E-state index contributed by atoms with van der Waals surface area (Å²) in [6, 6.07) is -4.95.